The Bertz CT molecular complexity index is 1140. The van der Waals surface area contributed by atoms with Gasteiger partial charge in [0.05, 0.1) is 21.3 Å². The van der Waals surface area contributed by atoms with Crippen LogP contribution in [0, 0.1) is 6.92 Å². The van der Waals surface area contributed by atoms with E-state index in [1.807, 2.05) is 13.0 Å². The molecule has 0 atom stereocenters. The van der Waals surface area contributed by atoms with Crippen molar-refractivity contribution in [1.82, 2.24) is 5.16 Å². The Morgan fingerprint density at radius 3 is 2.20 bits per heavy atom. The van der Waals surface area contributed by atoms with Gasteiger partial charge in [0.25, 0.3) is 10.4 Å². The third-order valence-corrected chi connectivity index (χ3v) is 4.56. The molecule has 1 heterocycles. The van der Waals surface area contributed by atoms with Gasteiger partial charge in [0.2, 0.25) is 0 Å². The van der Waals surface area contributed by atoms with Gasteiger partial charge in [-0.2, -0.15) is 0 Å². The molecule has 2 aromatic carbocycles. The van der Waals surface area contributed by atoms with Gasteiger partial charge in [0.1, 0.15) is 12.0 Å². The van der Waals surface area contributed by atoms with Crippen molar-refractivity contribution in [3.63, 3.8) is 0 Å². The fraction of sp³-hybridized carbons (Fsp3) is 0.211. The van der Waals surface area contributed by atoms with E-state index in [9.17, 15) is 13.0 Å². The van der Waals surface area contributed by atoms with Gasteiger partial charge in [0.15, 0.2) is 23.0 Å². The number of nitrogens with zero attached hydrogens (tertiary/aromatic N) is 1. The van der Waals surface area contributed by atoms with Crippen molar-refractivity contribution in [3.05, 3.63) is 42.2 Å². The largest absolute Gasteiger partial charge is 1.00 e. The van der Waals surface area contributed by atoms with E-state index in [0.717, 1.165) is 5.56 Å². The molecule has 30 heavy (non-hydrogen) atoms. The minimum absolute atomic E-state index is 0. The summed E-state index contributed by atoms with van der Waals surface area (Å²) in [7, 11) is -0.570. The number of hydrogen-bond donors (Lipinski definition) is 0. The van der Waals surface area contributed by atoms with Crippen LogP contribution >= 0.6 is 0 Å². The Kier molecular flexibility index (Phi) is 7.78. The van der Waals surface area contributed by atoms with Crippen LogP contribution in [-0.4, -0.2) is 39.5 Å². The first kappa shape index (κ1) is 24.0. The molecule has 0 N–H and O–H groups in total. The van der Waals surface area contributed by atoms with Crippen LogP contribution in [0.1, 0.15) is 5.56 Å². The van der Waals surface area contributed by atoms with Crippen LogP contribution in [0.2, 0.25) is 0 Å². The summed E-state index contributed by atoms with van der Waals surface area (Å²) in [6.45, 7) is 1.86. The number of rotatable bonds is 7. The molecule has 0 aliphatic carbocycles. The fourth-order valence-corrected chi connectivity index (χ4v) is 3.31. The maximum atomic E-state index is 11.0. The minimum Gasteiger partial charge on any atom is -0.716 e. The van der Waals surface area contributed by atoms with E-state index in [4.69, 9.17) is 18.7 Å². The third kappa shape index (κ3) is 5.08. The average Bonchev–Trinajstić information content (AvgIpc) is 3.15. The summed E-state index contributed by atoms with van der Waals surface area (Å²) < 4.78 is 58.5. The maximum Gasteiger partial charge on any atom is 1.00 e. The summed E-state index contributed by atoms with van der Waals surface area (Å²) >= 11 is 0. The number of methoxy groups -OCH3 is 3. The van der Waals surface area contributed by atoms with Crippen molar-refractivity contribution in [2.24, 2.45) is 0 Å². The smallest absolute Gasteiger partial charge is 0.716 e. The van der Waals surface area contributed by atoms with Crippen molar-refractivity contribution in [2.45, 2.75) is 6.92 Å². The second kappa shape index (κ2) is 9.71. The first-order chi connectivity index (χ1) is 13.8. The van der Waals surface area contributed by atoms with E-state index < -0.39 is 10.4 Å². The van der Waals surface area contributed by atoms with Crippen LogP contribution in [0.3, 0.4) is 0 Å². The van der Waals surface area contributed by atoms with E-state index in [2.05, 4.69) is 9.34 Å². The van der Waals surface area contributed by atoms with Crippen molar-refractivity contribution in [1.29, 1.82) is 0 Å². The van der Waals surface area contributed by atoms with E-state index >= 15 is 0 Å². The maximum absolute atomic E-state index is 11.0. The van der Waals surface area contributed by atoms with Crippen LogP contribution in [-0.2, 0) is 10.4 Å². The molecule has 0 fully saturated rings. The van der Waals surface area contributed by atoms with Crippen LogP contribution in [0.25, 0.3) is 22.4 Å². The molecule has 11 heteroatoms. The molecule has 0 radical (unpaired) electrons. The molecule has 0 unspecified atom stereocenters. The standard InChI is InChI=1S/C19H19NO8S.Na/c1-11-7-13(9-17(25-3)19(11)26-4)18-14(10-27-20-18)12-5-6-15(24-2)16(8-12)28-29(21,22)23;/h5-10H,1-4H3,(H,21,22,23);/q;+1/p-1. The van der Waals surface area contributed by atoms with Crippen molar-refractivity contribution < 1.29 is 65.4 Å². The number of aromatic nitrogens is 1. The van der Waals surface area contributed by atoms with Gasteiger partial charge in [-0.3, -0.25) is 0 Å². The Morgan fingerprint density at radius 1 is 0.933 bits per heavy atom. The van der Waals surface area contributed by atoms with Crippen molar-refractivity contribution >= 4 is 10.4 Å². The molecule has 3 rings (SSSR count). The predicted octanol–water partition coefficient (Wildman–Crippen LogP) is 0.186. The molecule has 9 nitrogen and oxygen atoms in total. The van der Waals surface area contributed by atoms with E-state index in [1.165, 1.54) is 32.6 Å². The van der Waals surface area contributed by atoms with Crippen LogP contribution < -0.4 is 48.0 Å². The molecule has 0 spiro atoms. The van der Waals surface area contributed by atoms with E-state index in [0.29, 0.717) is 33.9 Å². The number of ether oxygens (including phenoxy) is 3. The molecule has 154 valence electrons. The summed E-state index contributed by atoms with van der Waals surface area (Å²) in [5.74, 6) is 0.971. The molecular weight excluding hydrogens is 425 g/mol. The fourth-order valence-electron chi connectivity index (χ4n) is 2.96. The normalized spacial score (nSPS) is 10.8. The number of benzene rings is 2. The van der Waals surface area contributed by atoms with Crippen molar-refractivity contribution in [3.8, 4) is 45.4 Å². The third-order valence-electron chi connectivity index (χ3n) is 4.17. The number of aryl methyl sites for hydroxylation is 1. The van der Waals surface area contributed by atoms with E-state index in [-0.39, 0.29) is 41.1 Å². The molecule has 0 saturated heterocycles. The average molecular weight is 443 g/mol. The SMILES string of the molecule is COc1ccc(-c2conc2-c2cc(C)c(OC)c(OC)c2)cc1OS(=O)(=O)[O-].[Na+]. The second-order valence-corrected chi connectivity index (χ2v) is 6.95. The molecule has 0 amide bonds. The van der Waals surface area contributed by atoms with Gasteiger partial charge in [-0.05, 0) is 42.3 Å². The molecule has 0 saturated carbocycles. The van der Waals surface area contributed by atoms with Crippen LogP contribution in [0.5, 0.6) is 23.0 Å². The van der Waals surface area contributed by atoms with E-state index in [1.54, 1.807) is 19.2 Å². The molecule has 0 aliphatic heterocycles. The van der Waals surface area contributed by atoms with Crippen molar-refractivity contribution in [2.75, 3.05) is 21.3 Å². The topological polar surface area (TPSA) is 120 Å². The quantitative estimate of drug-likeness (QED) is 0.286. The summed E-state index contributed by atoms with van der Waals surface area (Å²) in [5.41, 5.74) is 3.06. The van der Waals surface area contributed by atoms with Gasteiger partial charge in [-0.1, -0.05) is 11.2 Å². The summed E-state index contributed by atoms with van der Waals surface area (Å²) in [6, 6.07) is 8.10. The molecular formula is C19H18NNaO8S. The Balaban J connectivity index is 0.00000320. The zero-order valence-corrected chi connectivity index (χ0v) is 19.9. The summed E-state index contributed by atoms with van der Waals surface area (Å²) in [4.78, 5) is 0. The molecule has 0 aliphatic rings. The Hall–Kier alpha value is -2.24. The van der Waals surface area contributed by atoms with Gasteiger partial charge in [-0.25, -0.2) is 8.42 Å². The zero-order valence-electron chi connectivity index (χ0n) is 17.1. The zero-order chi connectivity index (χ0) is 21.2. The molecule has 1 aromatic heterocycles. The Morgan fingerprint density at radius 2 is 1.60 bits per heavy atom. The molecule has 0 bridgehead atoms. The van der Waals surface area contributed by atoms with Gasteiger partial charge < -0.3 is 27.5 Å². The summed E-state index contributed by atoms with van der Waals surface area (Å²) in [5, 5.41) is 4.06. The summed E-state index contributed by atoms with van der Waals surface area (Å²) in [6.07, 6.45) is 1.40. The first-order valence-corrected chi connectivity index (χ1v) is 9.61. The van der Waals surface area contributed by atoms with Gasteiger partial charge >= 0.3 is 29.6 Å². The molecule has 3 aromatic rings. The van der Waals surface area contributed by atoms with Gasteiger partial charge in [0, 0.05) is 11.1 Å². The van der Waals surface area contributed by atoms with Gasteiger partial charge in [-0.15, -0.1) is 0 Å². The van der Waals surface area contributed by atoms with Crippen LogP contribution in [0.15, 0.2) is 41.1 Å². The second-order valence-electron chi connectivity index (χ2n) is 5.96. The van der Waals surface area contributed by atoms with Crippen LogP contribution in [0.4, 0.5) is 0 Å². The predicted molar refractivity (Wildman–Crippen MR) is 102 cm³/mol. The number of hydrogen-bond acceptors (Lipinski definition) is 9. The Labute approximate surface area is 196 Å². The monoisotopic (exact) mass is 443 g/mol. The minimum atomic E-state index is -4.98. The first-order valence-electron chi connectivity index (χ1n) is 8.28.